The highest BCUT2D eigenvalue weighted by Crippen LogP contribution is 2.32. The molecular formula is C17H17N3O2S. The molecule has 0 aliphatic carbocycles. The lowest BCUT2D eigenvalue weighted by atomic mass is 10.1. The Morgan fingerprint density at radius 3 is 2.87 bits per heavy atom. The number of anilines is 1. The Kier molecular flexibility index (Phi) is 4.62. The highest BCUT2D eigenvalue weighted by Gasteiger charge is 2.27. The number of amides is 2. The second-order valence-corrected chi connectivity index (χ2v) is 6.26. The van der Waals surface area contributed by atoms with Crippen molar-refractivity contribution in [2.75, 3.05) is 17.2 Å². The average Bonchev–Trinajstić information content (AvgIpc) is 2.58. The minimum atomic E-state index is -0.184. The van der Waals surface area contributed by atoms with Crippen LogP contribution in [0.2, 0.25) is 0 Å². The molecule has 1 aliphatic rings. The van der Waals surface area contributed by atoms with Crippen molar-refractivity contribution in [3.63, 3.8) is 0 Å². The van der Waals surface area contributed by atoms with E-state index in [0.717, 1.165) is 10.6 Å². The van der Waals surface area contributed by atoms with Crippen LogP contribution in [0.5, 0.6) is 0 Å². The predicted molar refractivity (Wildman–Crippen MR) is 90.3 cm³/mol. The van der Waals surface area contributed by atoms with Crippen LogP contribution in [-0.2, 0) is 9.59 Å². The number of rotatable bonds is 4. The van der Waals surface area contributed by atoms with Gasteiger partial charge in [-0.25, -0.2) is 4.98 Å². The fraction of sp³-hybridized carbons (Fsp3) is 0.235. The topological polar surface area (TPSA) is 62.3 Å². The van der Waals surface area contributed by atoms with Crippen molar-refractivity contribution < 1.29 is 9.59 Å². The molecule has 0 bridgehead atoms. The summed E-state index contributed by atoms with van der Waals surface area (Å²) in [7, 11) is 0. The number of benzene rings is 1. The number of fused-ring (bicyclic) bond motifs is 1. The molecule has 1 aromatic heterocycles. The van der Waals surface area contributed by atoms with Crippen LogP contribution in [0.1, 0.15) is 18.5 Å². The van der Waals surface area contributed by atoms with E-state index < -0.39 is 0 Å². The van der Waals surface area contributed by atoms with Crippen molar-refractivity contribution in [1.82, 2.24) is 10.3 Å². The van der Waals surface area contributed by atoms with Crippen molar-refractivity contribution in [2.45, 2.75) is 18.0 Å². The number of hydrogen-bond acceptors (Lipinski definition) is 4. The van der Waals surface area contributed by atoms with Crippen molar-refractivity contribution in [3.8, 4) is 0 Å². The van der Waals surface area contributed by atoms with Crippen molar-refractivity contribution in [2.24, 2.45) is 0 Å². The average molecular weight is 327 g/mol. The van der Waals surface area contributed by atoms with E-state index in [4.69, 9.17) is 0 Å². The summed E-state index contributed by atoms with van der Waals surface area (Å²) in [6.07, 6.45) is 1.69. The smallest absolute Gasteiger partial charge is 0.240 e. The van der Waals surface area contributed by atoms with Crippen molar-refractivity contribution >= 4 is 29.3 Å². The van der Waals surface area contributed by atoms with Crippen LogP contribution in [0.15, 0.2) is 53.7 Å². The fourth-order valence-corrected chi connectivity index (χ4v) is 3.35. The summed E-state index contributed by atoms with van der Waals surface area (Å²) in [5.41, 5.74) is 1.74. The van der Waals surface area contributed by atoms with Gasteiger partial charge in [0, 0.05) is 6.20 Å². The zero-order valence-electron chi connectivity index (χ0n) is 12.7. The van der Waals surface area contributed by atoms with Gasteiger partial charge in [0.25, 0.3) is 0 Å². The molecule has 1 aromatic carbocycles. The van der Waals surface area contributed by atoms with E-state index in [9.17, 15) is 9.59 Å². The maximum Gasteiger partial charge on any atom is 0.240 e. The lowest BCUT2D eigenvalue weighted by Crippen LogP contribution is -2.44. The van der Waals surface area contributed by atoms with Gasteiger partial charge in [0.2, 0.25) is 11.8 Å². The minimum Gasteiger partial charge on any atom is -0.348 e. The molecule has 1 aliphatic heterocycles. The third-order valence-corrected chi connectivity index (χ3v) is 4.63. The van der Waals surface area contributed by atoms with E-state index in [1.54, 1.807) is 12.3 Å². The summed E-state index contributed by atoms with van der Waals surface area (Å²) in [6.45, 7) is 1.94. The van der Waals surface area contributed by atoms with Gasteiger partial charge in [-0.15, -0.1) is 0 Å². The second kappa shape index (κ2) is 6.83. The molecule has 1 unspecified atom stereocenters. The van der Waals surface area contributed by atoms with Gasteiger partial charge in [0.1, 0.15) is 11.6 Å². The number of hydrogen-bond donors (Lipinski definition) is 1. The molecule has 1 atom stereocenters. The molecule has 2 heterocycles. The molecule has 23 heavy (non-hydrogen) atoms. The van der Waals surface area contributed by atoms with Crippen LogP contribution in [0, 0.1) is 0 Å². The molecule has 0 saturated heterocycles. The number of nitrogens with one attached hydrogen (secondary N) is 1. The summed E-state index contributed by atoms with van der Waals surface area (Å²) < 4.78 is 0. The summed E-state index contributed by atoms with van der Waals surface area (Å²) >= 11 is 1.40. The van der Waals surface area contributed by atoms with E-state index in [0.29, 0.717) is 11.4 Å². The first-order chi connectivity index (χ1) is 11.1. The van der Waals surface area contributed by atoms with Crippen LogP contribution in [0.4, 0.5) is 5.69 Å². The number of nitrogens with zero attached hydrogens (tertiary/aromatic N) is 2. The Bertz CT molecular complexity index is 721. The molecule has 2 aromatic rings. The number of carbonyl (C=O) groups excluding carboxylic acids is 2. The zero-order chi connectivity index (χ0) is 16.2. The van der Waals surface area contributed by atoms with E-state index in [2.05, 4.69) is 10.3 Å². The molecule has 0 saturated carbocycles. The Morgan fingerprint density at radius 2 is 2.09 bits per heavy atom. The van der Waals surface area contributed by atoms with E-state index in [-0.39, 0.29) is 24.4 Å². The molecule has 118 valence electrons. The van der Waals surface area contributed by atoms with Crippen molar-refractivity contribution in [3.05, 3.63) is 54.2 Å². The van der Waals surface area contributed by atoms with Gasteiger partial charge >= 0.3 is 0 Å². The minimum absolute atomic E-state index is 0.00919. The third kappa shape index (κ3) is 3.53. The molecule has 5 nitrogen and oxygen atoms in total. The van der Waals surface area contributed by atoms with Gasteiger partial charge in [-0.05, 0) is 24.6 Å². The molecular weight excluding hydrogens is 310 g/mol. The van der Waals surface area contributed by atoms with Crippen LogP contribution in [0.3, 0.4) is 0 Å². The number of aromatic nitrogens is 1. The number of thioether (sulfide) groups is 1. The summed E-state index contributed by atoms with van der Waals surface area (Å²) in [4.78, 5) is 30.2. The van der Waals surface area contributed by atoms with Gasteiger partial charge in [0.15, 0.2) is 0 Å². The third-order valence-electron chi connectivity index (χ3n) is 3.65. The van der Waals surface area contributed by atoms with Crippen LogP contribution in [0.25, 0.3) is 0 Å². The van der Waals surface area contributed by atoms with Crippen molar-refractivity contribution in [1.29, 1.82) is 0 Å². The number of pyridine rings is 1. The summed E-state index contributed by atoms with van der Waals surface area (Å²) in [5.74, 6) is 0.0559. The SMILES string of the molecule is CC(NC(=O)CN1C(=O)CSc2ncccc21)c1ccccc1. The quantitative estimate of drug-likeness (QED) is 0.937. The molecule has 3 rings (SSSR count). The van der Waals surface area contributed by atoms with Crippen LogP contribution in [-0.4, -0.2) is 29.1 Å². The zero-order valence-corrected chi connectivity index (χ0v) is 13.5. The van der Waals surface area contributed by atoms with Gasteiger partial charge in [-0.3, -0.25) is 14.5 Å². The monoisotopic (exact) mass is 327 g/mol. The number of carbonyl (C=O) groups is 2. The summed E-state index contributed by atoms with van der Waals surface area (Å²) in [6, 6.07) is 13.2. The summed E-state index contributed by atoms with van der Waals surface area (Å²) in [5, 5.41) is 3.72. The van der Waals surface area contributed by atoms with Gasteiger partial charge < -0.3 is 5.32 Å². The van der Waals surface area contributed by atoms with Gasteiger partial charge in [0.05, 0.1) is 17.5 Å². The fourth-order valence-electron chi connectivity index (χ4n) is 2.47. The standard InChI is InChI=1S/C17H17N3O2S/c1-12(13-6-3-2-4-7-13)19-15(21)10-20-14-8-5-9-18-17(14)23-11-16(20)22/h2-9,12H,10-11H2,1H3,(H,19,21). The Hall–Kier alpha value is -2.34. The van der Waals surface area contributed by atoms with E-state index >= 15 is 0 Å². The first kappa shape index (κ1) is 15.6. The largest absolute Gasteiger partial charge is 0.348 e. The molecule has 0 radical (unpaired) electrons. The Balaban J connectivity index is 1.69. The predicted octanol–water partition coefficient (Wildman–Crippen LogP) is 2.40. The van der Waals surface area contributed by atoms with E-state index in [1.165, 1.54) is 16.7 Å². The van der Waals surface area contributed by atoms with E-state index in [1.807, 2.05) is 43.3 Å². The van der Waals surface area contributed by atoms with Crippen LogP contribution < -0.4 is 10.2 Å². The molecule has 0 fully saturated rings. The molecule has 1 N–H and O–H groups in total. The van der Waals surface area contributed by atoms with Crippen LogP contribution >= 0.6 is 11.8 Å². The maximum atomic E-state index is 12.3. The Labute approximate surface area is 139 Å². The second-order valence-electron chi connectivity index (χ2n) is 5.30. The molecule has 0 spiro atoms. The van der Waals surface area contributed by atoms with Gasteiger partial charge in [-0.2, -0.15) is 0 Å². The first-order valence-electron chi connectivity index (χ1n) is 7.37. The molecule has 6 heteroatoms. The first-order valence-corrected chi connectivity index (χ1v) is 8.36. The lowest BCUT2D eigenvalue weighted by molar-refractivity contribution is -0.123. The highest BCUT2D eigenvalue weighted by molar-refractivity contribution is 8.00. The highest BCUT2D eigenvalue weighted by atomic mass is 32.2. The lowest BCUT2D eigenvalue weighted by Gasteiger charge is -2.28. The molecule has 2 amide bonds. The normalized spacial score (nSPS) is 15.0. The maximum absolute atomic E-state index is 12.3. The van der Waals surface area contributed by atoms with Gasteiger partial charge in [-0.1, -0.05) is 42.1 Å². The Morgan fingerprint density at radius 1 is 1.30 bits per heavy atom.